The molecule has 1 aliphatic heterocycles. The molecule has 0 aromatic carbocycles. The van der Waals surface area contributed by atoms with E-state index in [1.54, 1.807) is 0 Å². The first-order valence-electron chi connectivity index (χ1n) is 8.21. The Kier molecular flexibility index (Phi) is 5.67. The van der Waals surface area contributed by atoms with Gasteiger partial charge in [-0.25, -0.2) is 0 Å². The number of hydrogen-bond acceptors (Lipinski definition) is 3. The molecule has 20 heavy (non-hydrogen) atoms. The molecule has 0 amide bonds. The van der Waals surface area contributed by atoms with Crippen molar-refractivity contribution in [1.82, 2.24) is 10.2 Å². The lowest BCUT2D eigenvalue weighted by molar-refractivity contribution is 0.0860. The quantitative estimate of drug-likeness (QED) is 0.822. The summed E-state index contributed by atoms with van der Waals surface area (Å²) < 4.78 is 5.69. The summed E-state index contributed by atoms with van der Waals surface area (Å²) in [6.07, 6.45) is 7.15. The Bertz CT molecular complexity index is 385. The molecule has 0 unspecified atom stereocenters. The van der Waals surface area contributed by atoms with Crippen LogP contribution in [0.25, 0.3) is 0 Å². The van der Waals surface area contributed by atoms with Gasteiger partial charge in [-0.1, -0.05) is 33.6 Å². The standard InChI is InChI=1S/C17H30N2O/c1-4-17(5-2)8-10-19(11-9-17)14-16-15(7-12-20-16)13-18-6-3/h7,12,18H,4-6,8-11,13-14H2,1-3H3. The third-order valence-corrected chi connectivity index (χ3v) is 5.19. The van der Waals surface area contributed by atoms with Crippen LogP contribution >= 0.6 is 0 Å². The fourth-order valence-electron chi connectivity index (χ4n) is 3.27. The van der Waals surface area contributed by atoms with E-state index in [0.29, 0.717) is 5.41 Å². The van der Waals surface area contributed by atoms with E-state index in [0.717, 1.165) is 25.4 Å². The van der Waals surface area contributed by atoms with Gasteiger partial charge in [-0.2, -0.15) is 0 Å². The van der Waals surface area contributed by atoms with Crippen LogP contribution in [0.1, 0.15) is 57.8 Å². The van der Waals surface area contributed by atoms with Crippen LogP contribution in [-0.2, 0) is 13.1 Å². The molecule has 1 aromatic heterocycles. The van der Waals surface area contributed by atoms with Gasteiger partial charge in [0.25, 0.3) is 0 Å². The number of hydrogen-bond donors (Lipinski definition) is 1. The minimum Gasteiger partial charge on any atom is -0.468 e. The normalized spacial score (nSPS) is 19.4. The first-order valence-corrected chi connectivity index (χ1v) is 8.21. The molecular formula is C17H30N2O. The Morgan fingerprint density at radius 1 is 1.20 bits per heavy atom. The van der Waals surface area contributed by atoms with E-state index in [1.807, 2.05) is 6.26 Å². The van der Waals surface area contributed by atoms with E-state index in [9.17, 15) is 0 Å². The second-order valence-electron chi connectivity index (χ2n) is 6.13. The predicted octanol–water partition coefficient (Wildman–Crippen LogP) is 3.79. The van der Waals surface area contributed by atoms with E-state index >= 15 is 0 Å². The van der Waals surface area contributed by atoms with Crippen molar-refractivity contribution >= 4 is 0 Å². The van der Waals surface area contributed by atoms with Gasteiger partial charge in [0, 0.05) is 12.1 Å². The Labute approximate surface area is 123 Å². The molecule has 1 fully saturated rings. The van der Waals surface area contributed by atoms with Crippen LogP contribution in [0.4, 0.5) is 0 Å². The fraction of sp³-hybridized carbons (Fsp3) is 0.765. The largest absolute Gasteiger partial charge is 0.468 e. The van der Waals surface area contributed by atoms with Gasteiger partial charge < -0.3 is 9.73 Å². The average molecular weight is 278 g/mol. The minimum atomic E-state index is 0.603. The zero-order valence-electron chi connectivity index (χ0n) is 13.4. The summed E-state index contributed by atoms with van der Waals surface area (Å²) in [6.45, 7) is 12.1. The first-order chi connectivity index (χ1) is 9.73. The molecule has 1 aromatic rings. The Morgan fingerprint density at radius 3 is 2.50 bits per heavy atom. The third kappa shape index (κ3) is 3.64. The van der Waals surface area contributed by atoms with Gasteiger partial charge in [0.1, 0.15) is 5.76 Å². The van der Waals surface area contributed by atoms with Crippen molar-refractivity contribution < 1.29 is 4.42 Å². The second-order valence-corrected chi connectivity index (χ2v) is 6.13. The highest BCUT2D eigenvalue weighted by molar-refractivity contribution is 5.16. The van der Waals surface area contributed by atoms with Crippen LogP contribution in [0, 0.1) is 5.41 Å². The monoisotopic (exact) mass is 278 g/mol. The Balaban J connectivity index is 1.88. The lowest BCUT2D eigenvalue weighted by Crippen LogP contribution is -2.39. The Morgan fingerprint density at radius 2 is 1.90 bits per heavy atom. The van der Waals surface area contributed by atoms with Crippen LogP contribution in [0.5, 0.6) is 0 Å². The summed E-state index contributed by atoms with van der Waals surface area (Å²) in [7, 11) is 0. The molecule has 0 spiro atoms. The molecule has 2 heterocycles. The van der Waals surface area contributed by atoms with E-state index in [2.05, 4.69) is 37.1 Å². The summed E-state index contributed by atoms with van der Waals surface area (Å²) >= 11 is 0. The van der Waals surface area contributed by atoms with Crippen molar-refractivity contribution in [1.29, 1.82) is 0 Å². The van der Waals surface area contributed by atoms with Crippen molar-refractivity contribution in [3.8, 4) is 0 Å². The van der Waals surface area contributed by atoms with Gasteiger partial charge in [-0.3, -0.25) is 4.90 Å². The average Bonchev–Trinajstić information content (AvgIpc) is 2.93. The molecule has 1 aliphatic rings. The van der Waals surface area contributed by atoms with Crippen molar-refractivity contribution in [2.75, 3.05) is 19.6 Å². The molecule has 3 heteroatoms. The smallest absolute Gasteiger partial charge is 0.122 e. The van der Waals surface area contributed by atoms with Gasteiger partial charge >= 0.3 is 0 Å². The van der Waals surface area contributed by atoms with Crippen molar-refractivity contribution in [2.24, 2.45) is 5.41 Å². The van der Waals surface area contributed by atoms with E-state index in [1.165, 1.54) is 44.3 Å². The van der Waals surface area contributed by atoms with E-state index < -0.39 is 0 Å². The highest BCUT2D eigenvalue weighted by Crippen LogP contribution is 2.38. The van der Waals surface area contributed by atoms with Gasteiger partial charge in [-0.15, -0.1) is 0 Å². The van der Waals surface area contributed by atoms with Crippen LogP contribution in [0.2, 0.25) is 0 Å². The number of nitrogens with one attached hydrogen (secondary N) is 1. The minimum absolute atomic E-state index is 0.603. The van der Waals surface area contributed by atoms with Crippen LogP contribution in [-0.4, -0.2) is 24.5 Å². The highest BCUT2D eigenvalue weighted by Gasteiger charge is 2.31. The van der Waals surface area contributed by atoms with Crippen LogP contribution in [0.15, 0.2) is 16.7 Å². The van der Waals surface area contributed by atoms with Crippen molar-refractivity contribution in [3.63, 3.8) is 0 Å². The summed E-state index contributed by atoms with van der Waals surface area (Å²) in [6, 6.07) is 2.10. The summed E-state index contributed by atoms with van der Waals surface area (Å²) in [5.41, 5.74) is 1.92. The maximum Gasteiger partial charge on any atom is 0.122 e. The van der Waals surface area contributed by atoms with Gasteiger partial charge in [-0.05, 0) is 44.0 Å². The number of likely N-dealkylation sites (tertiary alicyclic amines) is 1. The third-order valence-electron chi connectivity index (χ3n) is 5.19. The number of rotatable bonds is 7. The molecule has 0 saturated carbocycles. The topological polar surface area (TPSA) is 28.4 Å². The molecule has 1 N–H and O–H groups in total. The van der Waals surface area contributed by atoms with Crippen LogP contribution in [0.3, 0.4) is 0 Å². The molecule has 0 aliphatic carbocycles. The lowest BCUT2D eigenvalue weighted by atomic mass is 9.74. The summed E-state index contributed by atoms with van der Waals surface area (Å²) in [5, 5.41) is 3.38. The summed E-state index contributed by atoms with van der Waals surface area (Å²) in [4.78, 5) is 2.55. The molecule has 2 rings (SSSR count). The predicted molar refractivity (Wildman–Crippen MR) is 83.6 cm³/mol. The second kappa shape index (κ2) is 7.28. The van der Waals surface area contributed by atoms with E-state index in [-0.39, 0.29) is 0 Å². The first kappa shape index (κ1) is 15.6. The molecule has 0 atom stereocenters. The summed E-state index contributed by atoms with van der Waals surface area (Å²) in [5.74, 6) is 1.14. The van der Waals surface area contributed by atoms with E-state index in [4.69, 9.17) is 4.42 Å². The molecule has 1 saturated heterocycles. The lowest BCUT2D eigenvalue weighted by Gasteiger charge is -2.40. The maximum atomic E-state index is 5.69. The van der Waals surface area contributed by atoms with Crippen LogP contribution < -0.4 is 5.32 Å². The van der Waals surface area contributed by atoms with Gasteiger partial charge in [0.15, 0.2) is 0 Å². The number of nitrogens with zero attached hydrogens (tertiary/aromatic N) is 1. The van der Waals surface area contributed by atoms with Crippen molar-refractivity contribution in [3.05, 3.63) is 23.7 Å². The molecule has 114 valence electrons. The number of piperidine rings is 1. The molecule has 3 nitrogen and oxygen atoms in total. The van der Waals surface area contributed by atoms with Crippen molar-refractivity contribution in [2.45, 2.75) is 59.5 Å². The molecule has 0 radical (unpaired) electrons. The number of furan rings is 1. The van der Waals surface area contributed by atoms with Gasteiger partial charge in [0.05, 0.1) is 12.8 Å². The molecule has 0 bridgehead atoms. The van der Waals surface area contributed by atoms with Gasteiger partial charge in [0.2, 0.25) is 0 Å². The highest BCUT2D eigenvalue weighted by atomic mass is 16.3. The zero-order valence-corrected chi connectivity index (χ0v) is 13.4. The Hall–Kier alpha value is -0.800. The zero-order chi connectivity index (χ0) is 14.4. The SMILES string of the molecule is CCNCc1ccoc1CN1CCC(CC)(CC)CC1. The fourth-order valence-corrected chi connectivity index (χ4v) is 3.27. The molecular weight excluding hydrogens is 248 g/mol. The maximum absolute atomic E-state index is 5.69.